The molecule has 0 saturated heterocycles. The summed E-state index contributed by atoms with van der Waals surface area (Å²) in [4.78, 5) is 11.9. The molecule has 0 radical (unpaired) electrons. The summed E-state index contributed by atoms with van der Waals surface area (Å²) in [5.74, 6) is -0.814. The third-order valence-corrected chi connectivity index (χ3v) is 4.36. The van der Waals surface area contributed by atoms with Crippen molar-refractivity contribution in [2.75, 3.05) is 20.3 Å². The Morgan fingerprint density at radius 1 is 1.08 bits per heavy atom. The second-order valence-electron chi connectivity index (χ2n) is 6.12. The van der Waals surface area contributed by atoms with E-state index in [4.69, 9.17) is 4.74 Å². The summed E-state index contributed by atoms with van der Waals surface area (Å²) in [5, 5.41) is 12.7. The van der Waals surface area contributed by atoms with Crippen molar-refractivity contribution in [2.45, 2.75) is 25.8 Å². The van der Waals surface area contributed by atoms with E-state index < -0.39 is 5.92 Å². The normalized spacial score (nSPS) is 13.2. The van der Waals surface area contributed by atoms with E-state index >= 15 is 0 Å². The number of aliphatic hydroxyl groups is 1. The van der Waals surface area contributed by atoms with Gasteiger partial charge in [-0.15, -0.1) is 0 Å². The van der Waals surface area contributed by atoms with Crippen molar-refractivity contribution in [2.24, 2.45) is 5.92 Å². The Hall–Kier alpha value is -2.17. The van der Waals surface area contributed by atoms with Gasteiger partial charge < -0.3 is 15.2 Å². The van der Waals surface area contributed by atoms with E-state index in [2.05, 4.69) is 41.7 Å². The van der Waals surface area contributed by atoms with Gasteiger partial charge in [0, 0.05) is 6.04 Å². The molecule has 134 valence electrons. The van der Waals surface area contributed by atoms with Crippen LogP contribution < -0.4 is 5.32 Å². The van der Waals surface area contributed by atoms with Crippen LogP contribution in [0, 0.1) is 5.92 Å². The van der Waals surface area contributed by atoms with E-state index in [0.717, 1.165) is 6.42 Å². The molecule has 2 atom stereocenters. The first-order chi connectivity index (χ1) is 12.2. The zero-order valence-electron chi connectivity index (χ0n) is 14.9. The highest BCUT2D eigenvalue weighted by atomic mass is 16.5. The number of carbonyl (C=O) groups is 1. The predicted molar refractivity (Wildman–Crippen MR) is 100 cm³/mol. The minimum Gasteiger partial charge on any atom is -0.466 e. The molecule has 0 aliphatic carbocycles. The number of nitrogens with one attached hydrogen (secondary N) is 1. The van der Waals surface area contributed by atoms with Crippen LogP contribution in [0.5, 0.6) is 0 Å². The first kappa shape index (κ1) is 19.2. The summed E-state index contributed by atoms with van der Waals surface area (Å²) in [6, 6.07) is 18.8. The van der Waals surface area contributed by atoms with Gasteiger partial charge in [-0.05, 0) is 43.5 Å². The molecular formula is C21H27NO3. The van der Waals surface area contributed by atoms with E-state index in [0.29, 0.717) is 13.0 Å². The first-order valence-corrected chi connectivity index (χ1v) is 8.77. The van der Waals surface area contributed by atoms with Crippen LogP contribution >= 0.6 is 0 Å². The Morgan fingerprint density at radius 2 is 1.72 bits per heavy atom. The Balaban J connectivity index is 2.00. The standard InChI is InChI=1S/C21H27NO3/c1-3-25-21(24)19(15-23)14-20(22-2)13-16-9-11-18(12-10-16)17-7-5-4-6-8-17/h4-12,19-20,22-23H,3,13-15H2,1-2H3/t19?,20-/m1/s1. The SMILES string of the molecule is CCOC(=O)C(CO)C[C@@H](Cc1ccc(-c2ccccc2)cc1)NC. The van der Waals surface area contributed by atoms with Crippen molar-refractivity contribution in [3.05, 3.63) is 60.2 Å². The highest BCUT2D eigenvalue weighted by molar-refractivity contribution is 5.72. The average Bonchev–Trinajstić information content (AvgIpc) is 2.66. The Morgan fingerprint density at radius 3 is 2.28 bits per heavy atom. The van der Waals surface area contributed by atoms with Crippen molar-refractivity contribution < 1.29 is 14.6 Å². The smallest absolute Gasteiger partial charge is 0.311 e. The molecule has 0 heterocycles. The number of hydrogen-bond acceptors (Lipinski definition) is 4. The molecule has 1 unspecified atom stereocenters. The fourth-order valence-electron chi connectivity index (χ4n) is 2.90. The van der Waals surface area contributed by atoms with Crippen molar-refractivity contribution >= 4 is 5.97 Å². The molecule has 0 bridgehead atoms. The van der Waals surface area contributed by atoms with Crippen molar-refractivity contribution in [3.63, 3.8) is 0 Å². The van der Waals surface area contributed by atoms with Gasteiger partial charge in [0.1, 0.15) is 0 Å². The average molecular weight is 341 g/mol. The largest absolute Gasteiger partial charge is 0.466 e. The molecule has 0 saturated carbocycles. The number of ether oxygens (including phenoxy) is 1. The van der Waals surface area contributed by atoms with Crippen LogP contribution in [-0.4, -0.2) is 37.4 Å². The molecule has 2 aromatic rings. The minimum atomic E-state index is -0.485. The van der Waals surface area contributed by atoms with Crippen LogP contribution in [0.1, 0.15) is 18.9 Å². The topological polar surface area (TPSA) is 58.6 Å². The molecule has 0 aliphatic rings. The summed E-state index contributed by atoms with van der Waals surface area (Å²) in [6.07, 6.45) is 1.34. The van der Waals surface area contributed by atoms with Gasteiger partial charge in [0.2, 0.25) is 0 Å². The highest BCUT2D eigenvalue weighted by Crippen LogP contribution is 2.20. The van der Waals surface area contributed by atoms with Crippen molar-refractivity contribution in [1.29, 1.82) is 0 Å². The third kappa shape index (κ3) is 5.69. The summed E-state index contributed by atoms with van der Waals surface area (Å²) in [6.45, 7) is 1.92. The van der Waals surface area contributed by atoms with Gasteiger partial charge in [-0.1, -0.05) is 54.6 Å². The van der Waals surface area contributed by atoms with Crippen LogP contribution in [-0.2, 0) is 16.0 Å². The number of rotatable bonds is 9. The number of hydrogen-bond donors (Lipinski definition) is 2. The molecule has 0 aliphatic heterocycles. The Labute approximate surface area is 149 Å². The Kier molecular flexibility index (Phi) is 7.64. The lowest BCUT2D eigenvalue weighted by Gasteiger charge is -2.21. The number of carbonyl (C=O) groups excluding carboxylic acids is 1. The molecule has 0 fully saturated rings. The van der Waals surface area contributed by atoms with Gasteiger partial charge in [-0.2, -0.15) is 0 Å². The molecule has 2 aromatic carbocycles. The van der Waals surface area contributed by atoms with E-state index in [-0.39, 0.29) is 18.6 Å². The summed E-state index contributed by atoms with van der Waals surface area (Å²) in [7, 11) is 1.88. The van der Waals surface area contributed by atoms with Crippen molar-refractivity contribution in [3.8, 4) is 11.1 Å². The number of likely N-dealkylation sites (N-methyl/N-ethyl adjacent to an activating group) is 1. The summed E-state index contributed by atoms with van der Waals surface area (Å²) < 4.78 is 5.03. The summed E-state index contributed by atoms with van der Waals surface area (Å²) in [5.41, 5.74) is 3.58. The maximum atomic E-state index is 11.9. The summed E-state index contributed by atoms with van der Waals surface area (Å²) >= 11 is 0. The lowest BCUT2D eigenvalue weighted by Crippen LogP contribution is -2.34. The maximum Gasteiger partial charge on any atom is 0.311 e. The number of benzene rings is 2. The van der Waals surface area contributed by atoms with Crippen molar-refractivity contribution in [1.82, 2.24) is 5.32 Å². The van der Waals surface area contributed by atoms with Gasteiger partial charge in [-0.25, -0.2) is 0 Å². The molecule has 25 heavy (non-hydrogen) atoms. The molecule has 4 nitrogen and oxygen atoms in total. The fourth-order valence-corrected chi connectivity index (χ4v) is 2.90. The van der Waals surface area contributed by atoms with Gasteiger partial charge in [0.05, 0.1) is 19.1 Å². The van der Waals surface area contributed by atoms with Gasteiger partial charge in [0.25, 0.3) is 0 Å². The zero-order chi connectivity index (χ0) is 18.1. The molecule has 2 rings (SSSR count). The van der Waals surface area contributed by atoms with Gasteiger partial charge >= 0.3 is 5.97 Å². The molecule has 0 spiro atoms. The zero-order valence-corrected chi connectivity index (χ0v) is 14.9. The van der Waals surface area contributed by atoms with Gasteiger partial charge in [-0.3, -0.25) is 4.79 Å². The highest BCUT2D eigenvalue weighted by Gasteiger charge is 2.23. The van der Waals surface area contributed by atoms with Crippen LogP contribution in [0.15, 0.2) is 54.6 Å². The van der Waals surface area contributed by atoms with Crippen LogP contribution in [0.4, 0.5) is 0 Å². The van der Waals surface area contributed by atoms with Gasteiger partial charge in [0.15, 0.2) is 0 Å². The van der Waals surface area contributed by atoms with Crippen LogP contribution in [0.25, 0.3) is 11.1 Å². The lowest BCUT2D eigenvalue weighted by atomic mass is 9.94. The van der Waals surface area contributed by atoms with Crippen LogP contribution in [0.2, 0.25) is 0 Å². The monoisotopic (exact) mass is 341 g/mol. The molecule has 2 N–H and O–H groups in total. The minimum absolute atomic E-state index is 0.101. The molecule has 0 aromatic heterocycles. The van der Waals surface area contributed by atoms with Crippen LogP contribution in [0.3, 0.4) is 0 Å². The third-order valence-electron chi connectivity index (χ3n) is 4.36. The van der Waals surface area contributed by atoms with E-state index in [1.54, 1.807) is 6.92 Å². The molecular weight excluding hydrogens is 314 g/mol. The van der Waals surface area contributed by atoms with E-state index in [1.807, 2.05) is 25.2 Å². The second-order valence-corrected chi connectivity index (χ2v) is 6.12. The maximum absolute atomic E-state index is 11.9. The number of aliphatic hydroxyl groups excluding tert-OH is 1. The molecule has 4 heteroatoms. The predicted octanol–water partition coefficient (Wildman–Crippen LogP) is 3.05. The second kappa shape index (κ2) is 9.97. The molecule has 0 amide bonds. The van der Waals surface area contributed by atoms with E-state index in [9.17, 15) is 9.90 Å². The lowest BCUT2D eigenvalue weighted by molar-refractivity contribution is -0.149. The fraction of sp³-hybridized carbons (Fsp3) is 0.381. The first-order valence-electron chi connectivity index (χ1n) is 8.77. The van der Waals surface area contributed by atoms with E-state index in [1.165, 1.54) is 16.7 Å². The quantitative estimate of drug-likeness (QED) is 0.688. The number of esters is 1. The Bertz CT molecular complexity index is 640.